The molecule has 0 bridgehead atoms. The van der Waals surface area contributed by atoms with Crippen LogP contribution in [-0.4, -0.2) is 44.7 Å². The topological polar surface area (TPSA) is 105 Å². The summed E-state index contributed by atoms with van der Waals surface area (Å²) in [6.45, 7) is 5.26. The van der Waals surface area contributed by atoms with Crippen molar-refractivity contribution in [1.29, 1.82) is 0 Å². The van der Waals surface area contributed by atoms with Gasteiger partial charge in [-0.1, -0.05) is 26.0 Å². The molecule has 0 saturated heterocycles. The zero-order valence-electron chi connectivity index (χ0n) is 17.4. The minimum Gasteiger partial charge on any atom is -0.482 e. The molecule has 0 unspecified atom stereocenters. The quantitative estimate of drug-likeness (QED) is 0.732. The van der Waals surface area contributed by atoms with Crippen molar-refractivity contribution in [2.45, 2.75) is 31.6 Å². The Morgan fingerprint density at radius 2 is 1.90 bits per heavy atom. The second-order valence-electron chi connectivity index (χ2n) is 7.54. The van der Waals surface area contributed by atoms with Gasteiger partial charge in [-0.3, -0.25) is 9.59 Å². The molecule has 9 heteroatoms. The van der Waals surface area contributed by atoms with Crippen LogP contribution in [0.15, 0.2) is 41.3 Å². The third-order valence-corrected chi connectivity index (χ3v) is 6.77. The van der Waals surface area contributed by atoms with E-state index in [-0.39, 0.29) is 29.7 Å². The molecule has 2 amide bonds. The fraction of sp³-hybridized carbons (Fsp3) is 0.333. The van der Waals surface area contributed by atoms with Crippen molar-refractivity contribution < 1.29 is 22.7 Å². The summed E-state index contributed by atoms with van der Waals surface area (Å²) in [7, 11) is -2.60. The predicted octanol–water partition coefficient (Wildman–Crippen LogP) is 2.71. The van der Waals surface area contributed by atoms with Gasteiger partial charge in [0.1, 0.15) is 5.75 Å². The van der Waals surface area contributed by atoms with Gasteiger partial charge in [-0.2, -0.15) is 4.31 Å². The molecule has 0 saturated carbocycles. The Labute approximate surface area is 176 Å². The van der Waals surface area contributed by atoms with Crippen molar-refractivity contribution in [1.82, 2.24) is 4.31 Å². The van der Waals surface area contributed by atoms with Crippen LogP contribution < -0.4 is 15.4 Å². The third kappa shape index (κ3) is 4.63. The number of amides is 2. The van der Waals surface area contributed by atoms with Crippen LogP contribution in [0.3, 0.4) is 0 Å². The van der Waals surface area contributed by atoms with E-state index in [4.69, 9.17) is 4.74 Å². The number of ether oxygens (including phenoxy) is 1. The Morgan fingerprint density at radius 1 is 1.23 bits per heavy atom. The lowest BCUT2D eigenvalue weighted by molar-refractivity contribution is -0.118. The van der Waals surface area contributed by atoms with E-state index in [1.54, 1.807) is 25.1 Å². The van der Waals surface area contributed by atoms with Crippen LogP contribution in [0.2, 0.25) is 0 Å². The summed E-state index contributed by atoms with van der Waals surface area (Å²) in [5.41, 5.74) is 2.61. The fourth-order valence-electron chi connectivity index (χ4n) is 3.10. The molecule has 0 fully saturated rings. The second kappa shape index (κ2) is 8.45. The number of nitrogens with one attached hydrogen (secondary N) is 2. The fourth-order valence-corrected chi connectivity index (χ4v) is 4.45. The zero-order chi connectivity index (χ0) is 22.1. The number of nitrogens with zero attached hydrogens (tertiary/aromatic N) is 1. The van der Waals surface area contributed by atoms with Gasteiger partial charge in [0.05, 0.1) is 17.1 Å². The molecular weight excluding hydrogens is 406 g/mol. The van der Waals surface area contributed by atoms with Crippen molar-refractivity contribution >= 4 is 33.2 Å². The van der Waals surface area contributed by atoms with Crippen LogP contribution in [0.5, 0.6) is 5.75 Å². The number of hydrogen-bond donors (Lipinski definition) is 2. The number of hydrogen-bond acceptors (Lipinski definition) is 5. The normalized spacial score (nSPS) is 13.6. The Morgan fingerprint density at radius 3 is 2.53 bits per heavy atom. The lowest BCUT2D eigenvalue weighted by Crippen LogP contribution is -2.35. The smallest absolute Gasteiger partial charge is 0.262 e. The summed E-state index contributed by atoms with van der Waals surface area (Å²) >= 11 is 0. The molecule has 1 aliphatic rings. The van der Waals surface area contributed by atoms with Gasteiger partial charge in [0.2, 0.25) is 15.9 Å². The lowest BCUT2D eigenvalue weighted by atomic mass is 10.0. The summed E-state index contributed by atoms with van der Waals surface area (Å²) in [4.78, 5) is 23.8. The summed E-state index contributed by atoms with van der Waals surface area (Å²) in [5.74, 6) is -0.0877. The molecule has 2 aromatic carbocycles. The molecule has 160 valence electrons. The number of likely N-dealkylation sites (N-methyl/N-ethyl adjacent to an activating group) is 1. The van der Waals surface area contributed by atoms with Crippen LogP contribution in [0, 0.1) is 6.92 Å². The summed E-state index contributed by atoms with van der Waals surface area (Å²) in [5, 5.41) is 5.36. The Bertz CT molecular complexity index is 1080. The van der Waals surface area contributed by atoms with E-state index < -0.39 is 15.9 Å². The maximum atomic E-state index is 13.0. The number of sulfonamides is 1. The van der Waals surface area contributed by atoms with E-state index in [9.17, 15) is 18.0 Å². The van der Waals surface area contributed by atoms with Gasteiger partial charge >= 0.3 is 0 Å². The zero-order valence-corrected chi connectivity index (χ0v) is 18.2. The van der Waals surface area contributed by atoms with Gasteiger partial charge in [-0.15, -0.1) is 0 Å². The van der Waals surface area contributed by atoms with E-state index in [2.05, 4.69) is 24.5 Å². The largest absolute Gasteiger partial charge is 0.482 e. The van der Waals surface area contributed by atoms with Crippen LogP contribution in [0.4, 0.5) is 11.4 Å². The summed E-state index contributed by atoms with van der Waals surface area (Å²) in [6.07, 6.45) is 0. The first kappa shape index (κ1) is 21.8. The van der Waals surface area contributed by atoms with Gasteiger partial charge in [-0.25, -0.2) is 8.42 Å². The van der Waals surface area contributed by atoms with Gasteiger partial charge in [0, 0.05) is 18.8 Å². The van der Waals surface area contributed by atoms with E-state index >= 15 is 0 Å². The molecule has 0 aromatic heterocycles. The van der Waals surface area contributed by atoms with Crippen LogP contribution in [0.25, 0.3) is 0 Å². The van der Waals surface area contributed by atoms with Crippen molar-refractivity contribution in [3.05, 3.63) is 47.5 Å². The number of aryl methyl sites for hydroxylation is 1. The molecule has 0 aliphatic carbocycles. The third-order valence-electron chi connectivity index (χ3n) is 4.83. The number of benzene rings is 2. The molecule has 2 N–H and O–H groups in total. The summed E-state index contributed by atoms with van der Waals surface area (Å²) < 4.78 is 32.3. The predicted molar refractivity (Wildman–Crippen MR) is 114 cm³/mol. The Hall–Kier alpha value is -2.91. The van der Waals surface area contributed by atoms with Gasteiger partial charge < -0.3 is 15.4 Å². The monoisotopic (exact) mass is 431 g/mol. The molecule has 3 rings (SSSR count). The van der Waals surface area contributed by atoms with E-state index in [0.717, 1.165) is 9.87 Å². The molecule has 30 heavy (non-hydrogen) atoms. The minimum absolute atomic E-state index is 0.0222. The molecule has 2 aromatic rings. The maximum absolute atomic E-state index is 13.0. The standard InChI is InChI=1S/C21H25N3O5S/c1-13(2)15-5-7-16(8-6-15)22-20(25)11-24(4)30(27,28)19-10-18-17(9-14(19)3)23-21(26)12-29-18/h5-10,13H,11-12H2,1-4H3,(H,22,25)(H,23,26). The highest BCUT2D eigenvalue weighted by Crippen LogP contribution is 2.33. The molecule has 0 spiro atoms. The van der Waals surface area contributed by atoms with E-state index in [1.165, 1.54) is 13.1 Å². The average Bonchev–Trinajstić information content (AvgIpc) is 2.67. The highest BCUT2D eigenvalue weighted by atomic mass is 32.2. The van der Waals surface area contributed by atoms with Crippen LogP contribution in [0.1, 0.15) is 30.9 Å². The molecule has 8 nitrogen and oxygen atoms in total. The van der Waals surface area contributed by atoms with Crippen molar-refractivity contribution in [2.75, 3.05) is 30.8 Å². The van der Waals surface area contributed by atoms with E-state index in [1.807, 2.05) is 12.1 Å². The highest BCUT2D eigenvalue weighted by molar-refractivity contribution is 7.89. The maximum Gasteiger partial charge on any atom is 0.262 e. The first-order valence-corrected chi connectivity index (χ1v) is 11.0. The molecule has 1 aliphatic heterocycles. The molecule has 0 atom stereocenters. The highest BCUT2D eigenvalue weighted by Gasteiger charge is 2.28. The first-order valence-electron chi connectivity index (χ1n) is 9.51. The minimum atomic E-state index is -3.94. The molecule has 0 radical (unpaired) electrons. The van der Waals surface area contributed by atoms with Crippen molar-refractivity contribution in [3.63, 3.8) is 0 Å². The van der Waals surface area contributed by atoms with Crippen LogP contribution >= 0.6 is 0 Å². The number of fused-ring (bicyclic) bond motifs is 1. The Kier molecular flexibility index (Phi) is 6.14. The SMILES string of the molecule is Cc1cc2c(cc1S(=O)(=O)N(C)CC(=O)Nc1ccc(C(C)C)cc1)OCC(=O)N2. The lowest BCUT2D eigenvalue weighted by Gasteiger charge is -2.22. The number of carbonyl (C=O) groups excluding carboxylic acids is 2. The first-order chi connectivity index (χ1) is 14.1. The number of rotatable bonds is 6. The van der Waals surface area contributed by atoms with Crippen molar-refractivity contribution in [3.8, 4) is 5.75 Å². The van der Waals surface area contributed by atoms with Crippen LogP contribution in [-0.2, 0) is 19.6 Å². The van der Waals surface area contributed by atoms with Crippen molar-refractivity contribution in [2.24, 2.45) is 0 Å². The average molecular weight is 432 g/mol. The molecule has 1 heterocycles. The van der Waals surface area contributed by atoms with E-state index in [0.29, 0.717) is 22.9 Å². The molecular formula is C21H25N3O5S. The Balaban J connectivity index is 1.73. The summed E-state index contributed by atoms with van der Waals surface area (Å²) in [6, 6.07) is 10.4. The van der Waals surface area contributed by atoms with Gasteiger partial charge in [0.25, 0.3) is 5.91 Å². The number of anilines is 2. The van der Waals surface area contributed by atoms with Gasteiger partial charge in [-0.05, 0) is 42.2 Å². The number of carbonyl (C=O) groups is 2. The second-order valence-corrected chi connectivity index (χ2v) is 9.55. The van der Waals surface area contributed by atoms with Gasteiger partial charge in [0.15, 0.2) is 6.61 Å².